The molecule has 0 amide bonds. The lowest BCUT2D eigenvalue weighted by Gasteiger charge is -2.10. The van der Waals surface area contributed by atoms with Gasteiger partial charge in [0, 0.05) is 10.9 Å². The Morgan fingerprint density at radius 2 is 2.16 bits per heavy atom. The lowest BCUT2D eigenvalue weighted by Crippen LogP contribution is -2.05. The lowest BCUT2D eigenvalue weighted by atomic mass is 10.1. The summed E-state index contributed by atoms with van der Waals surface area (Å²) in [5, 5.41) is 1.54. The van der Waals surface area contributed by atoms with Crippen LogP contribution in [0.15, 0.2) is 18.2 Å². The van der Waals surface area contributed by atoms with Crippen LogP contribution in [0, 0.1) is 13.8 Å². The SMILES string of the molecule is Cc1nc(COc2ccc(C(C)N)cc2Cl)sc1C. The summed E-state index contributed by atoms with van der Waals surface area (Å²) in [4.78, 5) is 5.65. The van der Waals surface area contributed by atoms with Crippen LogP contribution < -0.4 is 10.5 Å². The summed E-state index contributed by atoms with van der Waals surface area (Å²) < 4.78 is 5.70. The van der Waals surface area contributed by atoms with Gasteiger partial charge >= 0.3 is 0 Å². The highest BCUT2D eigenvalue weighted by molar-refractivity contribution is 7.11. The van der Waals surface area contributed by atoms with Crippen LogP contribution in [-0.2, 0) is 6.61 Å². The minimum absolute atomic E-state index is 0.0317. The maximum Gasteiger partial charge on any atom is 0.140 e. The number of rotatable bonds is 4. The molecule has 1 aromatic carbocycles. The summed E-state index contributed by atoms with van der Waals surface area (Å²) in [6, 6.07) is 5.61. The molecule has 0 aliphatic carbocycles. The van der Waals surface area contributed by atoms with Gasteiger partial charge in [-0.3, -0.25) is 0 Å². The van der Waals surface area contributed by atoms with Crippen LogP contribution in [0.4, 0.5) is 0 Å². The number of thiazole rings is 1. The number of nitrogens with two attached hydrogens (primary N) is 1. The zero-order chi connectivity index (χ0) is 14.0. The molecule has 2 N–H and O–H groups in total. The lowest BCUT2D eigenvalue weighted by molar-refractivity contribution is 0.305. The highest BCUT2D eigenvalue weighted by Gasteiger charge is 2.08. The third kappa shape index (κ3) is 3.47. The molecule has 19 heavy (non-hydrogen) atoms. The molecule has 1 heterocycles. The first kappa shape index (κ1) is 14.3. The monoisotopic (exact) mass is 296 g/mol. The van der Waals surface area contributed by atoms with Crippen LogP contribution in [0.3, 0.4) is 0 Å². The van der Waals surface area contributed by atoms with E-state index in [-0.39, 0.29) is 6.04 Å². The van der Waals surface area contributed by atoms with Crippen molar-refractivity contribution in [2.45, 2.75) is 33.4 Å². The molecule has 0 radical (unpaired) electrons. The van der Waals surface area contributed by atoms with Gasteiger partial charge in [0.05, 0.1) is 10.7 Å². The van der Waals surface area contributed by atoms with Gasteiger partial charge in [-0.2, -0.15) is 0 Å². The maximum absolute atomic E-state index is 6.18. The summed E-state index contributed by atoms with van der Waals surface area (Å²) in [6.07, 6.45) is 0. The van der Waals surface area contributed by atoms with E-state index in [0.29, 0.717) is 17.4 Å². The smallest absolute Gasteiger partial charge is 0.140 e. The van der Waals surface area contributed by atoms with E-state index in [1.165, 1.54) is 4.88 Å². The number of benzene rings is 1. The van der Waals surface area contributed by atoms with E-state index < -0.39 is 0 Å². The molecule has 0 fully saturated rings. The molecule has 0 saturated carbocycles. The zero-order valence-corrected chi connectivity index (χ0v) is 12.8. The number of aromatic nitrogens is 1. The number of aryl methyl sites for hydroxylation is 2. The van der Waals surface area contributed by atoms with E-state index in [1.807, 2.05) is 32.0 Å². The predicted octanol–water partition coefficient (Wildman–Crippen LogP) is 4.01. The Balaban J connectivity index is 2.07. The molecule has 0 aliphatic heterocycles. The highest BCUT2D eigenvalue weighted by Crippen LogP contribution is 2.28. The Labute approximate surface area is 122 Å². The van der Waals surface area contributed by atoms with Crippen LogP contribution in [0.1, 0.15) is 34.1 Å². The van der Waals surface area contributed by atoms with E-state index in [4.69, 9.17) is 22.1 Å². The van der Waals surface area contributed by atoms with Gasteiger partial charge in [-0.1, -0.05) is 17.7 Å². The summed E-state index contributed by atoms with van der Waals surface area (Å²) in [6.45, 7) is 6.42. The van der Waals surface area contributed by atoms with Crippen molar-refractivity contribution < 1.29 is 4.74 Å². The highest BCUT2D eigenvalue weighted by atomic mass is 35.5. The Bertz CT molecular complexity index is 561. The average molecular weight is 297 g/mol. The second-order valence-electron chi connectivity index (χ2n) is 4.52. The molecular weight excluding hydrogens is 280 g/mol. The summed E-state index contributed by atoms with van der Waals surface area (Å²) in [5.74, 6) is 0.663. The van der Waals surface area contributed by atoms with Gasteiger partial charge in [0.25, 0.3) is 0 Å². The van der Waals surface area contributed by atoms with Gasteiger partial charge < -0.3 is 10.5 Å². The molecule has 1 aromatic heterocycles. The number of hydrogen-bond donors (Lipinski definition) is 1. The van der Waals surface area contributed by atoms with Gasteiger partial charge in [-0.25, -0.2) is 4.98 Å². The van der Waals surface area contributed by atoms with Crippen molar-refractivity contribution in [1.82, 2.24) is 4.98 Å². The first-order valence-corrected chi connectivity index (χ1v) is 7.27. The molecule has 5 heteroatoms. The Kier molecular flexibility index (Phi) is 4.45. The molecule has 1 unspecified atom stereocenters. The third-order valence-corrected chi connectivity index (χ3v) is 4.25. The molecule has 3 nitrogen and oxygen atoms in total. The fraction of sp³-hybridized carbons (Fsp3) is 0.357. The summed E-state index contributed by atoms with van der Waals surface area (Å²) in [7, 11) is 0. The molecule has 0 saturated heterocycles. The number of ether oxygens (including phenoxy) is 1. The molecule has 0 spiro atoms. The second kappa shape index (κ2) is 5.90. The van der Waals surface area contributed by atoms with Crippen LogP contribution in [-0.4, -0.2) is 4.98 Å². The molecule has 0 bridgehead atoms. The minimum atomic E-state index is -0.0317. The van der Waals surface area contributed by atoms with E-state index >= 15 is 0 Å². The standard InChI is InChI=1S/C14H17ClN2OS/c1-8(16)11-4-5-13(12(15)6-11)18-7-14-17-9(2)10(3)19-14/h4-6,8H,7,16H2,1-3H3. The van der Waals surface area contributed by atoms with Gasteiger partial charge in [-0.05, 0) is 38.5 Å². The molecule has 0 aliphatic rings. The predicted molar refractivity (Wildman–Crippen MR) is 80.0 cm³/mol. The third-order valence-electron chi connectivity index (χ3n) is 2.91. The van der Waals surface area contributed by atoms with Crippen molar-refractivity contribution in [2.24, 2.45) is 5.73 Å². The zero-order valence-electron chi connectivity index (χ0n) is 11.2. The van der Waals surface area contributed by atoms with E-state index in [0.717, 1.165) is 16.3 Å². The van der Waals surface area contributed by atoms with Crippen molar-refractivity contribution >= 4 is 22.9 Å². The van der Waals surface area contributed by atoms with Gasteiger partial charge in [0.1, 0.15) is 17.4 Å². The minimum Gasteiger partial charge on any atom is -0.485 e. The first-order chi connectivity index (χ1) is 8.97. The van der Waals surface area contributed by atoms with Crippen molar-refractivity contribution in [3.8, 4) is 5.75 Å². The maximum atomic E-state index is 6.18. The Morgan fingerprint density at radius 1 is 1.42 bits per heavy atom. The van der Waals surface area contributed by atoms with Crippen molar-refractivity contribution in [3.05, 3.63) is 44.4 Å². The summed E-state index contributed by atoms with van der Waals surface area (Å²) >= 11 is 7.83. The molecule has 2 aromatic rings. The molecule has 2 rings (SSSR count). The number of nitrogens with zero attached hydrogens (tertiary/aromatic N) is 1. The molecule has 102 valence electrons. The second-order valence-corrected chi connectivity index (χ2v) is 6.21. The van der Waals surface area contributed by atoms with Crippen LogP contribution in [0.5, 0.6) is 5.75 Å². The Hall–Kier alpha value is -1.10. The van der Waals surface area contributed by atoms with Gasteiger partial charge in [-0.15, -0.1) is 11.3 Å². The van der Waals surface area contributed by atoms with Gasteiger partial charge in [0.15, 0.2) is 0 Å². The van der Waals surface area contributed by atoms with Crippen molar-refractivity contribution in [2.75, 3.05) is 0 Å². The number of hydrogen-bond acceptors (Lipinski definition) is 4. The van der Waals surface area contributed by atoms with Crippen molar-refractivity contribution in [3.63, 3.8) is 0 Å². The van der Waals surface area contributed by atoms with Gasteiger partial charge in [0.2, 0.25) is 0 Å². The number of halogens is 1. The Morgan fingerprint density at radius 3 is 2.68 bits per heavy atom. The quantitative estimate of drug-likeness (QED) is 0.927. The van der Waals surface area contributed by atoms with E-state index in [9.17, 15) is 0 Å². The molecule has 1 atom stereocenters. The first-order valence-electron chi connectivity index (χ1n) is 6.08. The normalized spacial score (nSPS) is 12.5. The van der Waals surface area contributed by atoms with E-state index in [2.05, 4.69) is 11.9 Å². The van der Waals surface area contributed by atoms with E-state index in [1.54, 1.807) is 11.3 Å². The average Bonchev–Trinajstić information content (AvgIpc) is 2.67. The fourth-order valence-electron chi connectivity index (χ4n) is 1.66. The summed E-state index contributed by atoms with van der Waals surface area (Å²) in [5.41, 5.74) is 7.87. The van der Waals surface area contributed by atoms with Crippen molar-refractivity contribution in [1.29, 1.82) is 0 Å². The topological polar surface area (TPSA) is 48.1 Å². The van der Waals surface area contributed by atoms with Crippen LogP contribution in [0.2, 0.25) is 5.02 Å². The fourth-order valence-corrected chi connectivity index (χ4v) is 2.75. The van der Waals surface area contributed by atoms with Crippen LogP contribution >= 0.6 is 22.9 Å². The largest absolute Gasteiger partial charge is 0.485 e. The van der Waals surface area contributed by atoms with Crippen LogP contribution in [0.25, 0.3) is 0 Å². The molecular formula is C14H17ClN2OS.